The standard InChI is InChI=1S/C16H29NO4/c1-7-20-12(13(14(18)19)21-8-2)11-9-15(3,4)17-16(5,6)10-11/h11,17H,7-10H2,1-6H3,(H,18,19). The average Bonchev–Trinajstić information content (AvgIpc) is 2.29. The Labute approximate surface area is 127 Å². The number of carbonyl (C=O) groups is 1. The smallest absolute Gasteiger partial charge is 0.374 e. The number of ether oxygens (including phenoxy) is 2. The third-order valence-corrected chi connectivity index (χ3v) is 3.57. The summed E-state index contributed by atoms with van der Waals surface area (Å²) in [6.07, 6.45) is 1.63. The summed E-state index contributed by atoms with van der Waals surface area (Å²) < 4.78 is 11.0. The first kappa shape index (κ1) is 17.8. The maximum absolute atomic E-state index is 11.5. The van der Waals surface area contributed by atoms with Gasteiger partial charge in [0, 0.05) is 17.0 Å². The summed E-state index contributed by atoms with van der Waals surface area (Å²) in [7, 11) is 0. The molecule has 0 aromatic rings. The first-order valence-electron chi connectivity index (χ1n) is 7.64. The summed E-state index contributed by atoms with van der Waals surface area (Å²) in [6.45, 7) is 12.9. The molecule has 1 aliphatic heterocycles. The Kier molecular flexibility index (Phi) is 5.68. The lowest BCUT2D eigenvalue weighted by atomic mass is 9.75. The maximum Gasteiger partial charge on any atom is 0.374 e. The number of allylic oxidation sites excluding steroid dienone is 1. The van der Waals surface area contributed by atoms with E-state index in [0.29, 0.717) is 19.0 Å². The van der Waals surface area contributed by atoms with Crippen LogP contribution in [0.5, 0.6) is 0 Å². The summed E-state index contributed by atoms with van der Waals surface area (Å²) in [5.74, 6) is -0.587. The van der Waals surface area contributed by atoms with Crippen molar-refractivity contribution in [2.24, 2.45) is 5.92 Å². The first-order chi connectivity index (χ1) is 9.62. The molecule has 1 heterocycles. The highest BCUT2D eigenvalue weighted by atomic mass is 16.5. The number of hydrogen-bond donors (Lipinski definition) is 2. The van der Waals surface area contributed by atoms with E-state index in [9.17, 15) is 9.90 Å². The van der Waals surface area contributed by atoms with Crippen LogP contribution >= 0.6 is 0 Å². The monoisotopic (exact) mass is 299 g/mol. The fraction of sp³-hybridized carbons (Fsp3) is 0.812. The Balaban J connectivity index is 3.20. The van der Waals surface area contributed by atoms with Gasteiger partial charge in [0.15, 0.2) is 0 Å². The fourth-order valence-electron chi connectivity index (χ4n) is 3.41. The molecule has 21 heavy (non-hydrogen) atoms. The van der Waals surface area contributed by atoms with Crippen LogP contribution in [0.2, 0.25) is 0 Å². The van der Waals surface area contributed by atoms with Gasteiger partial charge in [-0.1, -0.05) is 0 Å². The average molecular weight is 299 g/mol. The zero-order valence-electron chi connectivity index (χ0n) is 14.1. The number of piperidine rings is 1. The van der Waals surface area contributed by atoms with E-state index >= 15 is 0 Å². The topological polar surface area (TPSA) is 67.8 Å². The van der Waals surface area contributed by atoms with E-state index in [4.69, 9.17) is 9.47 Å². The molecule has 2 N–H and O–H groups in total. The highest BCUT2D eigenvalue weighted by Gasteiger charge is 2.41. The van der Waals surface area contributed by atoms with E-state index in [-0.39, 0.29) is 22.8 Å². The van der Waals surface area contributed by atoms with Gasteiger partial charge in [0.1, 0.15) is 5.76 Å². The molecule has 0 radical (unpaired) electrons. The van der Waals surface area contributed by atoms with Crippen molar-refractivity contribution < 1.29 is 19.4 Å². The van der Waals surface area contributed by atoms with Crippen LogP contribution in [-0.2, 0) is 14.3 Å². The van der Waals surface area contributed by atoms with Gasteiger partial charge >= 0.3 is 5.97 Å². The van der Waals surface area contributed by atoms with E-state index in [1.54, 1.807) is 6.92 Å². The quantitative estimate of drug-likeness (QED) is 0.583. The molecule has 0 atom stereocenters. The second-order valence-corrected chi connectivity index (χ2v) is 6.86. The van der Waals surface area contributed by atoms with E-state index in [1.165, 1.54) is 0 Å². The largest absolute Gasteiger partial charge is 0.494 e. The summed E-state index contributed by atoms with van der Waals surface area (Å²) in [5, 5.41) is 13.0. The van der Waals surface area contributed by atoms with Gasteiger partial charge in [0.05, 0.1) is 13.2 Å². The van der Waals surface area contributed by atoms with Crippen LogP contribution in [0.15, 0.2) is 11.5 Å². The highest BCUT2D eigenvalue weighted by Crippen LogP contribution is 2.38. The molecule has 1 fully saturated rings. The Morgan fingerprint density at radius 2 is 1.57 bits per heavy atom. The lowest BCUT2D eigenvalue weighted by Crippen LogP contribution is -2.58. The second-order valence-electron chi connectivity index (χ2n) is 6.86. The van der Waals surface area contributed by atoms with Gasteiger partial charge in [0.25, 0.3) is 0 Å². The Hall–Kier alpha value is -1.23. The fourth-order valence-corrected chi connectivity index (χ4v) is 3.41. The third kappa shape index (κ3) is 4.92. The van der Waals surface area contributed by atoms with Gasteiger partial charge in [-0.2, -0.15) is 0 Å². The lowest BCUT2D eigenvalue weighted by Gasteiger charge is -2.46. The van der Waals surface area contributed by atoms with Gasteiger partial charge in [-0.15, -0.1) is 0 Å². The van der Waals surface area contributed by atoms with Gasteiger partial charge in [-0.3, -0.25) is 0 Å². The molecule has 0 saturated carbocycles. The van der Waals surface area contributed by atoms with Gasteiger partial charge < -0.3 is 19.9 Å². The predicted octanol–water partition coefficient (Wildman–Crippen LogP) is 2.91. The maximum atomic E-state index is 11.5. The molecule has 5 heteroatoms. The van der Waals surface area contributed by atoms with Crippen LogP contribution < -0.4 is 5.32 Å². The molecule has 5 nitrogen and oxygen atoms in total. The summed E-state index contributed by atoms with van der Waals surface area (Å²) in [6, 6.07) is 0. The molecule has 0 spiro atoms. The third-order valence-electron chi connectivity index (χ3n) is 3.57. The van der Waals surface area contributed by atoms with Crippen LogP contribution in [0.25, 0.3) is 0 Å². The van der Waals surface area contributed by atoms with E-state index in [1.807, 2.05) is 6.92 Å². The minimum atomic E-state index is -1.06. The zero-order chi connectivity index (χ0) is 16.3. The molecule has 0 amide bonds. The Morgan fingerprint density at radius 3 is 1.95 bits per heavy atom. The van der Waals surface area contributed by atoms with E-state index in [0.717, 1.165) is 12.8 Å². The summed E-state index contributed by atoms with van der Waals surface area (Å²) in [5.41, 5.74) is -0.158. The van der Waals surface area contributed by atoms with Crippen molar-refractivity contribution in [2.75, 3.05) is 13.2 Å². The molecule has 0 aliphatic carbocycles. The minimum absolute atomic E-state index is 0.0360. The molecule has 0 aromatic carbocycles. The van der Waals surface area contributed by atoms with Crippen LogP contribution in [0, 0.1) is 5.92 Å². The molecule has 1 aliphatic rings. The van der Waals surface area contributed by atoms with Crippen molar-refractivity contribution in [3.8, 4) is 0 Å². The molecule has 0 aromatic heterocycles. The van der Waals surface area contributed by atoms with Crippen molar-refractivity contribution in [3.05, 3.63) is 11.5 Å². The van der Waals surface area contributed by atoms with Crippen molar-refractivity contribution >= 4 is 5.97 Å². The molecule has 1 saturated heterocycles. The molecular weight excluding hydrogens is 270 g/mol. The number of carboxylic acids is 1. The van der Waals surface area contributed by atoms with Crippen LogP contribution in [-0.4, -0.2) is 35.4 Å². The van der Waals surface area contributed by atoms with Crippen molar-refractivity contribution in [1.82, 2.24) is 5.32 Å². The molecule has 1 rings (SSSR count). The number of carboxylic acid groups (broad SMARTS) is 1. The van der Waals surface area contributed by atoms with Crippen LogP contribution in [0.3, 0.4) is 0 Å². The number of aliphatic carboxylic acids is 1. The lowest BCUT2D eigenvalue weighted by molar-refractivity contribution is -0.137. The van der Waals surface area contributed by atoms with Gasteiger partial charge in [-0.25, -0.2) is 4.79 Å². The van der Waals surface area contributed by atoms with Gasteiger partial charge in [0.2, 0.25) is 5.76 Å². The van der Waals surface area contributed by atoms with E-state index < -0.39 is 5.97 Å². The molecule has 0 bridgehead atoms. The van der Waals surface area contributed by atoms with Crippen molar-refractivity contribution in [1.29, 1.82) is 0 Å². The Bertz CT molecular complexity index is 397. The van der Waals surface area contributed by atoms with Crippen molar-refractivity contribution in [2.45, 2.75) is 65.5 Å². The minimum Gasteiger partial charge on any atom is -0.494 e. The SMILES string of the molecule is CCOC(C(=O)O)=C(OCC)C1CC(C)(C)NC(C)(C)C1. The zero-order valence-corrected chi connectivity index (χ0v) is 14.1. The highest BCUT2D eigenvalue weighted by molar-refractivity contribution is 5.85. The predicted molar refractivity (Wildman–Crippen MR) is 81.9 cm³/mol. The van der Waals surface area contributed by atoms with Gasteiger partial charge in [-0.05, 0) is 54.4 Å². The second kappa shape index (κ2) is 6.69. The molecule has 122 valence electrons. The van der Waals surface area contributed by atoms with Crippen molar-refractivity contribution in [3.63, 3.8) is 0 Å². The summed E-state index contributed by atoms with van der Waals surface area (Å²) >= 11 is 0. The normalized spacial score (nSPS) is 22.4. The van der Waals surface area contributed by atoms with Crippen LogP contribution in [0.1, 0.15) is 54.4 Å². The number of hydrogen-bond acceptors (Lipinski definition) is 4. The summed E-state index contributed by atoms with van der Waals surface area (Å²) in [4.78, 5) is 11.5. The van der Waals surface area contributed by atoms with Crippen LogP contribution in [0.4, 0.5) is 0 Å². The number of nitrogens with one attached hydrogen (secondary N) is 1. The number of rotatable bonds is 6. The first-order valence-corrected chi connectivity index (χ1v) is 7.64. The molecule has 0 unspecified atom stereocenters. The molecular formula is C16H29NO4. The Morgan fingerprint density at radius 1 is 1.10 bits per heavy atom. The van der Waals surface area contributed by atoms with E-state index in [2.05, 4.69) is 33.0 Å².